The van der Waals surface area contributed by atoms with Crippen LogP contribution in [0, 0.1) is 0 Å². The molecule has 0 bridgehead atoms. The summed E-state index contributed by atoms with van der Waals surface area (Å²) in [7, 11) is 0. The Hall–Kier alpha value is -2.63. The van der Waals surface area contributed by atoms with Gasteiger partial charge in [0.15, 0.2) is 5.58 Å². The number of nitrogens with zero attached hydrogens (tertiary/aromatic N) is 2. The van der Waals surface area contributed by atoms with E-state index < -0.39 is 5.76 Å². The molecule has 0 spiro atoms. The van der Waals surface area contributed by atoms with Gasteiger partial charge in [0.05, 0.1) is 11.2 Å². The van der Waals surface area contributed by atoms with Gasteiger partial charge in [0.1, 0.15) is 5.82 Å². The standard InChI is InChI=1S/C11H8N4O2/c12-10-4-3-7(14-15-10)6-1-2-8-9(5-6)17-11(16)13-8/h1-5H,(H2,12,15)(H,13,16). The van der Waals surface area contributed by atoms with Gasteiger partial charge >= 0.3 is 5.76 Å². The molecule has 0 unspecified atom stereocenters. The average molecular weight is 228 g/mol. The molecule has 3 aromatic rings. The van der Waals surface area contributed by atoms with Crippen molar-refractivity contribution >= 4 is 16.9 Å². The number of rotatable bonds is 1. The van der Waals surface area contributed by atoms with Crippen molar-refractivity contribution in [3.05, 3.63) is 40.9 Å². The summed E-state index contributed by atoms with van der Waals surface area (Å²) in [5.41, 5.74) is 8.09. The SMILES string of the molecule is Nc1ccc(-c2ccc3[nH]c(=O)oc3c2)nn1. The van der Waals surface area contributed by atoms with E-state index in [0.29, 0.717) is 22.6 Å². The van der Waals surface area contributed by atoms with Gasteiger partial charge in [0.2, 0.25) is 0 Å². The summed E-state index contributed by atoms with van der Waals surface area (Å²) in [5, 5.41) is 7.73. The molecule has 3 N–H and O–H groups in total. The lowest BCUT2D eigenvalue weighted by Crippen LogP contribution is -1.93. The second kappa shape index (κ2) is 3.44. The molecule has 2 aromatic heterocycles. The molecule has 0 saturated carbocycles. The zero-order chi connectivity index (χ0) is 11.8. The van der Waals surface area contributed by atoms with E-state index in [2.05, 4.69) is 15.2 Å². The summed E-state index contributed by atoms with van der Waals surface area (Å²) in [4.78, 5) is 13.6. The summed E-state index contributed by atoms with van der Waals surface area (Å²) in [5.74, 6) is -0.108. The van der Waals surface area contributed by atoms with Crippen molar-refractivity contribution in [3.63, 3.8) is 0 Å². The van der Waals surface area contributed by atoms with Crippen molar-refractivity contribution in [2.45, 2.75) is 0 Å². The predicted molar refractivity (Wildman–Crippen MR) is 62.3 cm³/mol. The first-order valence-corrected chi connectivity index (χ1v) is 4.95. The van der Waals surface area contributed by atoms with Crippen molar-refractivity contribution in [2.24, 2.45) is 0 Å². The van der Waals surface area contributed by atoms with Gasteiger partial charge in [-0.1, -0.05) is 6.07 Å². The van der Waals surface area contributed by atoms with Crippen LogP contribution in [0.3, 0.4) is 0 Å². The highest BCUT2D eigenvalue weighted by molar-refractivity contribution is 5.78. The molecule has 6 nitrogen and oxygen atoms in total. The van der Waals surface area contributed by atoms with Gasteiger partial charge in [-0.25, -0.2) is 4.79 Å². The van der Waals surface area contributed by atoms with E-state index in [1.165, 1.54) is 0 Å². The molecule has 0 amide bonds. The third-order valence-electron chi connectivity index (χ3n) is 2.40. The maximum absolute atomic E-state index is 11.0. The lowest BCUT2D eigenvalue weighted by atomic mass is 10.1. The Morgan fingerprint density at radius 2 is 2.06 bits per heavy atom. The molecule has 0 aliphatic rings. The third-order valence-corrected chi connectivity index (χ3v) is 2.40. The normalized spacial score (nSPS) is 10.8. The van der Waals surface area contributed by atoms with Crippen LogP contribution in [0.2, 0.25) is 0 Å². The summed E-state index contributed by atoms with van der Waals surface area (Å²) in [6.07, 6.45) is 0. The third kappa shape index (κ3) is 1.65. The first kappa shape index (κ1) is 9.59. The molecule has 0 aliphatic heterocycles. The van der Waals surface area contributed by atoms with Crippen LogP contribution >= 0.6 is 0 Å². The molecule has 0 radical (unpaired) electrons. The Labute approximate surface area is 95.1 Å². The van der Waals surface area contributed by atoms with Crippen LogP contribution in [0.5, 0.6) is 0 Å². The number of nitrogens with one attached hydrogen (secondary N) is 1. The Morgan fingerprint density at radius 1 is 1.18 bits per heavy atom. The fourth-order valence-electron chi connectivity index (χ4n) is 1.60. The van der Waals surface area contributed by atoms with Crippen LogP contribution in [-0.2, 0) is 0 Å². The van der Waals surface area contributed by atoms with E-state index in [0.717, 1.165) is 5.56 Å². The largest absolute Gasteiger partial charge is 0.417 e. The smallest absolute Gasteiger partial charge is 0.408 e. The summed E-state index contributed by atoms with van der Waals surface area (Å²) < 4.78 is 4.97. The van der Waals surface area contributed by atoms with Gasteiger partial charge in [-0.15, -0.1) is 10.2 Å². The van der Waals surface area contributed by atoms with Gasteiger partial charge in [-0.05, 0) is 24.3 Å². The molecule has 3 rings (SSSR count). The van der Waals surface area contributed by atoms with Crippen LogP contribution in [0.4, 0.5) is 5.82 Å². The Kier molecular flexibility index (Phi) is 1.94. The van der Waals surface area contributed by atoms with Crippen LogP contribution in [0.1, 0.15) is 0 Å². The van der Waals surface area contributed by atoms with Crippen LogP contribution in [-0.4, -0.2) is 15.2 Å². The molecule has 1 aromatic carbocycles. The van der Waals surface area contributed by atoms with E-state index in [1.54, 1.807) is 24.3 Å². The average Bonchev–Trinajstić information content (AvgIpc) is 2.69. The van der Waals surface area contributed by atoms with Crippen molar-refractivity contribution in [3.8, 4) is 11.3 Å². The molecule has 0 aliphatic carbocycles. The van der Waals surface area contributed by atoms with Gasteiger partial charge in [0, 0.05) is 5.56 Å². The zero-order valence-electron chi connectivity index (χ0n) is 8.68. The molecule has 2 heterocycles. The van der Waals surface area contributed by atoms with Crippen LogP contribution in [0.15, 0.2) is 39.5 Å². The van der Waals surface area contributed by atoms with Gasteiger partial charge < -0.3 is 10.2 Å². The molecule has 84 valence electrons. The number of aromatic nitrogens is 3. The Morgan fingerprint density at radius 3 is 2.82 bits per heavy atom. The number of aromatic amines is 1. The predicted octanol–water partition coefficient (Wildman–Crippen LogP) is 1.16. The molecule has 0 saturated heterocycles. The second-order valence-electron chi connectivity index (χ2n) is 3.57. The van der Waals surface area contributed by atoms with Crippen molar-refractivity contribution in [1.82, 2.24) is 15.2 Å². The van der Waals surface area contributed by atoms with Gasteiger partial charge in [-0.2, -0.15) is 0 Å². The van der Waals surface area contributed by atoms with E-state index in [1.807, 2.05) is 6.07 Å². The van der Waals surface area contributed by atoms with Crippen LogP contribution in [0.25, 0.3) is 22.4 Å². The van der Waals surface area contributed by atoms with Crippen molar-refractivity contribution < 1.29 is 4.42 Å². The fourth-order valence-corrected chi connectivity index (χ4v) is 1.60. The molecule has 0 atom stereocenters. The molecular formula is C11H8N4O2. The highest BCUT2D eigenvalue weighted by atomic mass is 16.4. The monoisotopic (exact) mass is 228 g/mol. The second-order valence-corrected chi connectivity index (χ2v) is 3.57. The zero-order valence-corrected chi connectivity index (χ0v) is 8.68. The number of hydrogen-bond acceptors (Lipinski definition) is 5. The number of hydrogen-bond donors (Lipinski definition) is 2. The topological polar surface area (TPSA) is 97.8 Å². The number of benzene rings is 1. The number of anilines is 1. The van der Waals surface area contributed by atoms with Crippen molar-refractivity contribution in [2.75, 3.05) is 5.73 Å². The fraction of sp³-hybridized carbons (Fsp3) is 0. The van der Waals surface area contributed by atoms with E-state index >= 15 is 0 Å². The molecule has 17 heavy (non-hydrogen) atoms. The Balaban J connectivity index is 2.17. The lowest BCUT2D eigenvalue weighted by molar-refractivity contribution is 0.555. The first-order chi connectivity index (χ1) is 8.22. The number of fused-ring (bicyclic) bond motifs is 1. The van der Waals surface area contributed by atoms with Crippen molar-refractivity contribution in [1.29, 1.82) is 0 Å². The number of nitrogens with two attached hydrogens (primary N) is 1. The van der Waals surface area contributed by atoms with E-state index in [9.17, 15) is 4.79 Å². The van der Waals surface area contributed by atoms with E-state index in [-0.39, 0.29) is 0 Å². The van der Waals surface area contributed by atoms with E-state index in [4.69, 9.17) is 10.2 Å². The highest BCUT2D eigenvalue weighted by Gasteiger charge is 2.05. The number of H-pyrrole nitrogens is 1. The number of oxazole rings is 1. The number of nitrogen functional groups attached to an aromatic ring is 1. The lowest BCUT2D eigenvalue weighted by Gasteiger charge is -1.99. The maximum Gasteiger partial charge on any atom is 0.417 e. The molecule has 0 fully saturated rings. The maximum atomic E-state index is 11.0. The summed E-state index contributed by atoms with van der Waals surface area (Å²) in [6, 6.07) is 8.74. The molecule has 6 heteroatoms. The molecular weight excluding hydrogens is 220 g/mol. The van der Waals surface area contributed by atoms with Gasteiger partial charge in [0.25, 0.3) is 0 Å². The summed E-state index contributed by atoms with van der Waals surface area (Å²) in [6.45, 7) is 0. The minimum atomic E-state index is -0.472. The van der Waals surface area contributed by atoms with Gasteiger partial charge in [-0.3, -0.25) is 4.98 Å². The quantitative estimate of drug-likeness (QED) is 0.651. The highest BCUT2D eigenvalue weighted by Crippen LogP contribution is 2.21. The first-order valence-electron chi connectivity index (χ1n) is 4.95. The minimum absolute atomic E-state index is 0.364. The van der Waals surface area contributed by atoms with Crippen LogP contribution < -0.4 is 11.5 Å². The Bertz CT molecular complexity index is 727. The summed E-state index contributed by atoms with van der Waals surface area (Å²) >= 11 is 0. The minimum Gasteiger partial charge on any atom is -0.408 e.